The fraction of sp³-hybridized carbons (Fsp3) is 0.857. The molecule has 0 aliphatic rings. The summed E-state index contributed by atoms with van der Waals surface area (Å²) in [5.41, 5.74) is 5.42. The van der Waals surface area contributed by atoms with Crippen LogP contribution in [0, 0.1) is 5.41 Å². The van der Waals surface area contributed by atoms with Crippen molar-refractivity contribution in [2.45, 2.75) is 65.3 Å². The van der Waals surface area contributed by atoms with E-state index in [0.717, 1.165) is 6.42 Å². The minimum Gasteiger partial charge on any atom is -0.481 e. The number of rotatable bonds is 9. The number of nitrogens with one attached hydrogen (secondary N) is 1. The van der Waals surface area contributed by atoms with Gasteiger partial charge in [-0.3, -0.25) is 9.59 Å². The molecule has 0 radical (unpaired) electrons. The Morgan fingerprint density at radius 2 is 1.63 bits per heavy atom. The highest BCUT2D eigenvalue weighted by molar-refractivity contribution is 5.75. The molecular formula is C14H28N2O3. The Hall–Kier alpha value is -1.10. The summed E-state index contributed by atoms with van der Waals surface area (Å²) in [6.07, 6.45) is 2.65. The maximum Gasteiger partial charge on any atom is 0.303 e. The van der Waals surface area contributed by atoms with Gasteiger partial charge in [-0.2, -0.15) is 0 Å². The van der Waals surface area contributed by atoms with E-state index in [2.05, 4.69) is 5.32 Å². The first-order chi connectivity index (χ1) is 8.52. The van der Waals surface area contributed by atoms with E-state index in [0.29, 0.717) is 25.8 Å². The lowest BCUT2D eigenvalue weighted by Gasteiger charge is -2.24. The highest BCUT2D eigenvalue weighted by atomic mass is 16.4. The molecule has 0 spiro atoms. The normalized spacial score (nSPS) is 12.3. The van der Waals surface area contributed by atoms with Gasteiger partial charge >= 0.3 is 5.97 Å². The fourth-order valence-corrected chi connectivity index (χ4v) is 1.63. The molecule has 0 atom stereocenters. The molecule has 0 heterocycles. The van der Waals surface area contributed by atoms with Gasteiger partial charge in [-0.05, 0) is 38.5 Å². The molecule has 0 aliphatic carbocycles. The maximum atomic E-state index is 11.6. The van der Waals surface area contributed by atoms with Crippen molar-refractivity contribution >= 4 is 11.9 Å². The van der Waals surface area contributed by atoms with E-state index in [1.807, 2.05) is 27.7 Å². The predicted octanol–water partition coefficient (Wildman–Crippen LogP) is 1.90. The van der Waals surface area contributed by atoms with Crippen molar-refractivity contribution in [1.82, 2.24) is 5.32 Å². The fourth-order valence-electron chi connectivity index (χ4n) is 1.63. The first-order valence-electron chi connectivity index (χ1n) is 6.79. The summed E-state index contributed by atoms with van der Waals surface area (Å²) in [7, 11) is 0. The number of carboxylic acid groups (broad SMARTS) is 1. The van der Waals surface area contributed by atoms with Gasteiger partial charge in [-0.1, -0.05) is 13.8 Å². The molecule has 0 bridgehead atoms. The second kappa shape index (κ2) is 7.48. The highest BCUT2D eigenvalue weighted by Crippen LogP contribution is 2.25. The van der Waals surface area contributed by atoms with E-state index in [1.165, 1.54) is 0 Å². The van der Waals surface area contributed by atoms with Crippen LogP contribution in [0.1, 0.15) is 59.8 Å². The van der Waals surface area contributed by atoms with Crippen LogP contribution in [0.4, 0.5) is 0 Å². The molecule has 0 aliphatic heterocycles. The Labute approximate surface area is 115 Å². The molecule has 5 heteroatoms. The van der Waals surface area contributed by atoms with E-state index in [-0.39, 0.29) is 23.3 Å². The van der Waals surface area contributed by atoms with Crippen LogP contribution in [0.15, 0.2) is 0 Å². The minimum atomic E-state index is -0.776. The summed E-state index contributed by atoms with van der Waals surface area (Å²) in [5, 5.41) is 11.5. The molecule has 0 saturated carbocycles. The summed E-state index contributed by atoms with van der Waals surface area (Å²) in [6.45, 7) is 8.41. The van der Waals surface area contributed by atoms with Crippen molar-refractivity contribution < 1.29 is 14.7 Å². The Bertz CT molecular complexity index is 306. The molecular weight excluding hydrogens is 244 g/mol. The van der Waals surface area contributed by atoms with E-state index in [4.69, 9.17) is 10.8 Å². The van der Waals surface area contributed by atoms with Crippen LogP contribution in [-0.2, 0) is 9.59 Å². The molecule has 0 aromatic rings. The molecule has 0 aromatic carbocycles. The smallest absolute Gasteiger partial charge is 0.303 e. The lowest BCUT2D eigenvalue weighted by Crippen LogP contribution is -2.35. The Morgan fingerprint density at radius 1 is 1.05 bits per heavy atom. The van der Waals surface area contributed by atoms with Crippen LogP contribution < -0.4 is 11.1 Å². The first kappa shape index (κ1) is 17.9. The van der Waals surface area contributed by atoms with Crippen molar-refractivity contribution in [1.29, 1.82) is 0 Å². The van der Waals surface area contributed by atoms with E-state index >= 15 is 0 Å². The Kier molecular flexibility index (Phi) is 7.05. The Morgan fingerprint density at radius 3 is 2.11 bits per heavy atom. The number of amides is 1. The van der Waals surface area contributed by atoms with Gasteiger partial charge < -0.3 is 16.2 Å². The summed E-state index contributed by atoms with van der Waals surface area (Å²) in [5.74, 6) is -0.769. The average molecular weight is 272 g/mol. The first-order valence-corrected chi connectivity index (χ1v) is 6.79. The van der Waals surface area contributed by atoms with Crippen LogP contribution >= 0.6 is 0 Å². The number of nitrogens with two attached hydrogens (primary N) is 1. The molecule has 19 heavy (non-hydrogen) atoms. The number of hydrogen-bond donors (Lipinski definition) is 3. The molecule has 0 aromatic heterocycles. The molecule has 0 rings (SSSR count). The molecule has 0 unspecified atom stereocenters. The van der Waals surface area contributed by atoms with Crippen molar-refractivity contribution in [3.05, 3.63) is 0 Å². The third-order valence-electron chi connectivity index (χ3n) is 3.14. The van der Waals surface area contributed by atoms with Crippen molar-refractivity contribution in [3.8, 4) is 0 Å². The van der Waals surface area contributed by atoms with Gasteiger partial charge in [0.15, 0.2) is 0 Å². The van der Waals surface area contributed by atoms with Crippen LogP contribution in [0.25, 0.3) is 0 Å². The molecule has 112 valence electrons. The van der Waals surface area contributed by atoms with Crippen molar-refractivity contribution in [2.75, 3.05) is 6.54 Å². The predicted molar refractivity (Wildman–Crippen MR) is 75.8 cm³/mol. The number of carboxylic acids is 1. The quantitative estimate of drug-likeness (QED) is 0.597. The monoisotopic (exact) mass is 272 g/mol. The molecule has 4 N–H and O–H groups in total. The SMILES string of the molecule is CC(C)(N)CCC(=O)NCCC(C)(C)CCC(=O)O. The summed E-state index contributed by atoms with van der Waals surface area (Å²) in [4.78, 5) is 22.1. The number of aliphatic carboxylic acids is 1. The number of carbonyl (C=O) groups is 2. The molecule has 0 fully saturated rings. The summed E-state index contributed by atoms with van der Waals surface area (Å²) < 4.78 is 0. The number of hydrogen-bond acceptors (Lipinski definition) is 3. The minimum absolute atomic E-state index is 0.00700. The van der Waals surface area contributed by atoms with Gasteiger partial charge in [0.25, 0.3) is 0 Å². The highest BCUT2D eigenvalue weighted by Gasteiger charge is 2.19. The summed E-state index contributed by atoms with van der Waals surface area (Å²) in [6, 6.07) is 0. The average Bonchev–Trinajstić information content (AvgIpc) is 2.23. The van der Waals surface area contributed by atoms with Crippen molar-refractivity contribution in [2.24, 2.45) is 11.1 Å². The van der Waals surface area contributed by atoms with Crippen LogP contribution in [0.2, 0.25) is 0 Å². The lowest BCUT2D eigenvalue weighted by atomic mass is 9.84. The standard InChI is InChI=1S/C14H28N2O3/c1-13(2,7-6-12(18)19)9-10-16-11(17)5-8-14(3,4)15/h5-10,15H2,1-4H3,(H,16,17)(H,18,19). The third-order valence-corrected chi connectivity index (χ3v) is 3.14. The zero-order chi connectivity index (χ0) is 15.1. The zero-order valence-corrected chi connectivity index (χ0v) is 12.6. The molecule has 1 amide bonds. The summed E-state index contributed by atoms with van der Waals surface area (Å²) >= 11 is 0. The van der Waals surface area contributed by atoms with Crippen LogP contribution in [0.3, 0.4) is 0 Å². The second-order valence-corrected chi connectivity index (χ2v) is 6.65. The van der Waals surface area contributed by atoms with Gasteiger partial charge in [0, 0.05) is 24.9 Å². The van der Waals surface area contributed by atoms with Gasteiger partial charge in [0.1, 0.15) is 0 Å². The van der Waals surface area contributed by atoms with Crippen molar-refractivity contribution in [3.63, 3.8) is 0 Å². The second-order valence-electron chi connectivity index (χ2n) is 6.65. The van der Waals surface area contributed by atoms with E-state index in [1.54, 1.807) is 0 Å². The topological polar surface area (TPSA) is 92.4 Å². The third kappa shape index (κ3) is 11.7. The van der Waals surface area contributed by atoms with Crippen LogP contribution in [-0.4, -0.2) is 29.1 Å². The van der Waals surface area contributed by atoms with Gasteiger partial charge in [-0.15, -0.1) is 0 Å². The van der Waals surface area contributed by atoms with Gasteiger partial charge in [-0.25, -0.2) is 0 Å². The van der Waals surface area contributed by atoms with E-state index in [9.17, 15) is 9.59 Å². The molecule has 5 nitrogen and oxygen atoms in total. The van der Waals surface area contributed by atoms with E-state index < -0.39 is 5.97 Å². The maximum absolute atomic E-state index is 11.6. The zero-order valence-electron chi connectivity index (χ0n) is 12.6. The molecule has 0 saturated heterocycles. The Balaban J connectivity index is 3.83. The van der Waals surface area contributed by atoms with Gasteiger partial charge in [0.2, 0.25) is 5.91 Å². The largest absolute Gasteiger partial charge is 0.481 e. The van der Waals surface area contributed by atoms with Crippen LogP contribution in [0.5, 0.6) is 0 Å². The van der Waals surface area contributed by atoms with Gasteiger partial charge in [0.05, 0.1) is 0 Å². The number of carbonyl (C=O) groups excluding carboxylic acids is 1. The lowest BCUT2D eigenvalue weighted by molar-refractivity contribution is -0.137.